The lowest BCUT2D eigenvalue weighted by Crippen LogP contribution is -2.23. The highest BCUT2D eigenvalue weighted by atomic mass is 16.8. The first-order chi connectivity index (χ1) is 4.24. The summed E-state index contributed by atoms with van der Waals surface area (Å²) in [5.74, 6) is 0. The van der Waals surface area contributed by atoms with E-state index in [4.69, 9.17) is 5.11 Å². The van der Waals surface area contributed by atoms with Crippen LogP contribution in [0.15, 0.2) is 0 Å². The lowest BCUT2D eigenvalue weighted by atomic mass is 10.2. The van der Waals surface area contributed by atoms with Crippen LogP contribution < -0.4 is 0 Å². The smallest absolute Gasteiger partial charge is 0.233 e. The van der Waals surface area contributed by atoms with Crippen LogP contribution in [0.5, 0.6) is 0 Å². The number of nitrogens with zero attached hydrogens (tertiary/aromatic N) is 1. The molecule has 4 nitrogen and oxygen atoms in total. The first-order valence-corrected chi connectivity index (χ1v) is 2.82. The van der Waals surface area contributed by atoms with E-state index in [9.17, 15) is 4.79 Å². The molecule has 4 heteroatoms. The lowest BCUT2D eigenvalue weighted by molar-refractivity contribution is -0.210. The van der Waals surface area contributed by atoms with Gasteiger partial charge >= 0.3 is 0 Å². The summed E-state index contributed by atoms with van der Waals surface area (Å²) < 4.78 is 0. The number of rotatable bonds is 1. The lowest BCUT2D eigenvalue weighted by Gasteiger charge is -2.10. The Balaban J connectivity index is 2.47. The molecule has 0 radical (unpaired) electrons. The van der Waals surface area contributed by atoms with Gasteiger partial charge in [0.2, 0.25) is 6.41 Å². The molecule has 1 N–H and O–H groups in total. The van der Waals surface area contributed by atoms with E-state index in [-0.39, 0.29) is 6.04 Å². The van der Waals surface area contributed by atoms with Crippen molar-refractivity contribution in [2.75, 3.05) is 0 Å². The number of aliphatic hydroxyl groups excluding tert-OH is 1. The number of carbonyl (C=O) groups excluding carboxylic acids is 1. The van der Waals surface area contributed by atoms with Gasteiger partial charge in [-0.3, -0.25) is 4.79 Å². The topological polar surface area (TPSA) is 49.8 Å². The second kappa shape index (κ2) is 2.33. The second-order valence-corrected chi connectivity index (χ2v) is 2.11. The standard InChI is InChI=1S/C5H9NO3/c1-4-2-5(8)9-6(4)3-7/h3-5,8H,2H2,1H3. The van der Waals surface area contributed by atoms with Crippen LogP contribution >= 0.6 is 0 Å². The first kappa shape index (κ1) is 6.51. The van der Waals surface area contributed by atoms with Crippen molar-refractivity contribution in [1.82, 2.24) is 5.06 Å². The Labute approximate surface area is 53.0 Å². The predicted molar refractivity (Wildman–Crippen MR) is 29.1 cm³/mol. The van der Waals surface area contributed by atoms with E-state index < -0.39 is 6.29 Å². The summed E-state index contributed by atoms with van der Waals surface area (Å²) in [6, 6.07) is -0.00231. The molecular formula is C5H9NO3. The van der Waals surface area contributed by atoms with E-state index >= 15 is 0 Å². The summed E-state index contributed by atoms with van der Waals surface area (Å²) >= 11 is 0. The third-order valence-corrected chi connectivity index (χ3v) is 1.32. The van der Waals surface area contributed by atoms with Crippen molar-refractivity contribution in [2.45, 2.75) is 25.7 Å². The second-order valence-electron chi connectivity index (χ2n) is 2.11. The molecule has 0 saturated carbocycles. The van der Waals surface area contributed by atoms with E-state index in [1.165, 1.54) is 0 Å². The maximum atomic E-state index is 10.1. The van der Waals surface area contributed by atoms with E-state index in [1.807, 2.05) is 6.92 Å². The largest absolute Gasteiger partial charge is 0.366 e. The number of hydroxylamine groups is 2. The summed E-state index contributed by atoms with van der Waals surface area (Å²) in [5, 5.41) is 9.89. The van der Waals surface area contributed by atoms with Gasteiger partial charge in [-0.2, -0.15) is 0 Å². The van der Waals surface area contributed by atoms with Crippen LogP contribution in [0.1, 0.15) is 13.3 Å². The van der Waals surface area contributed by atoms with Crippen molar-refractivity contribution in [2.24, 2.45) is 0 Å². The van der Waals surface area contributed by atoms with Crippen molar-refractivity contribution < 1.29 is 14.7 Å². The van der Waals surface area contributed by atoms with Gasteiger partial charge in [-0.1, -0.05) is 0 Å². The molecule has 0 aliphatic carbocycles. The average molecular weight is 131 g/mol. The Hall–Kier alpha value is -0.610. The van der Waals surface area contributed by atoms with E-state index in [1.54, 1.807) is 0 Å². The van der Waals surface area contributed by atoms with Crippen LogP contribution in [0.2, 0.25) is 0 Å². The molecule has 0 aromatic heterocycles. The van der Waals surface area contributed by atoms with Crippen LogP contribution in [0.4, 0.5) is 0 Å². The zero-order valence-electron chi connectivity index (χ0n) is 5.15. The molecule has 2 unspecified atom stereocenters. The van der Waals surface area contributed by atoms with Gasteiger partial charge in [0.05, 0.1) is 6.04 Å². The molecule has 2 atom stereocenters. The van der Waals surface area contributed by atoms with Crippen molar-refractivity contribution in [3.05, 3.63) is 0 Å². The molecule has 1 aliphatic rings. The molecule has 1 aliphatic heterocycles. The highest BCUT2D eigenvalue weighted by Gasteiger charge is 2.27. The van der Waals surface area contributed by atoms with Crippen LogP contribution in [0, 0.1) is 0 Å². The Bertz CT molecular complexity index is 117. The molecule has 0 aromatic carbocycles. The molecular weight excluding hydrogens is 122 g/mol. The number of amides is 1. The van der Waals surface area contributed by atoms with Gasteiger partial charge in [0.15, 0.2) is 6.29 Å². The van der Waals surface area contributed by atoms with Crippen molar-refractivity contribution in [3.8, 4) is 0 Å². The molecule has 9 heavy (non-hydrogen) atoms. The third kappa shape index (κ3) is 1.20. The Morgan fingerprint density at radius 1 is 1.89 bits per heavy atom. The Morgan fingerprint density at radius 3 is 2.78 bits per heavy atom. The van der Waals surface area contributed by atoms with E-state index in [2.05, 4.69) is 4.84 Å². The molecule has 0 aromatic rings. The van der Waals surface area contributed by atoms with Gasteiger partial charge in [-0.05, 0) is 6.92 Å². The van der Waals surface area contributed by atoms with Gasteiger partial charge in [-0.25, -0.2) is 9.90 Å². The third-order valence-electron chi connectivity index (χ3n) is 1.32. The molecule has 0 spiro atoms. The highest BCUT2D eigenvalue weighted by molar-refractivity contribution is 5.46. The molecule has 1 amide bonds. The number of hydrogen-bond donors (Lipinski definition) is 1. The van der Waals surface area contributed by atoms with Crippen LogP contribution in [-0.4, -0.2) is 28.9 Å². The first-order valence-electron chi connectivity index (χ1n) is 2.82. The summed E-state index contributed by atoms with van der Waals surface area (Å²) in [7, 11) is 0. The van der Waals surface area contributed by atoms with Gasteiger partial charge in [-0.15, -0.1) is 0 Å². The zero-order chi connectivity index (χ0) is 6.85. The van der Waals surface area contributed by atoms with E-state index in [0.717, 1.165) is 5.06 Å². The molecule has 1 fully saturated rings. The van der Waals surface area contributed by atoms with Crippen LogP contribution in [0.25, 0.3) is 0 Å². The number of carbonyl (C=O) groups is 1. The fourth-order valence-corrected chi connectivity index (χ4v) is 0.812. The normalized spacial score (nSPS) is 35.1. The van der Waals surface area contributed by atoms with Crippen LogP contribution in [0.3, 0.4) is 0 Å². The Kier molecular flexibility index (Phi) is 1.68. The predicted octanol–water partition coefficient (Wildman–Crippen LogP) is -0.513. The molecule has 0 bridgehead atoms. The molecule has 1 saturated heterocycles. The average Bonchev–Trinajstić information content (AvgIpc) is 2.10. The van der Waals surface area contributed by atoms with Gasteiger partial charge in [0, 0.05) is 6.42 Å². The van der Waals surface area contributed by atoms with Gasteiger partial charge in [0.25, 0.3) is 0 Å². The minimum absolute atomic E-state index is 0.00231. The summed E-state index contributed by atoms with van der Waals surface area (Å²) in [6.45, 7) is 1.81. The zero-order valence-corrected chi connectivity index (χ0v) is 5.15. The van der Waals surface area contributed by atoms with Crippen molar-refractivity contribution in [3.63, 3.8) is 0 Å². The van der Waals surface area contributed by atoms with Crippen molar-refractivity contribution in [1.29, 1.82) is 0 Å². The monoisotopic (exact) mass is 131 g/mol. The molecule has 1 rings (SSSR count). The Morgan fingerprint density at radius 2 is 2.56 bits per heavy atom. The molecule has 52 valence electrons. The quantitative estimate of drug-likeness (QED) is 0.487. The number of hydrogen-bond acceptors (Lipinski definition) is 3. The summed E-state index contributed by atoms with van der Waals surface area (Å²) in [4.78, 5) is 14.7. The fraction of sp³-hybridized carbons (Fsp3) is 0.800. The minimum atomic E-state index is -0.801. The molecule has 1 heterocycles. The van der Waals surface area contributed by atoms with Crippen molar-refractivity contribution >= 4 is 6.41 Å². The highest BCUT2D eigenvalue weighted by Crippen LogP contribution is 2.15. The summed E-state index contributed by atoms with van der Waals surface area (Å²) in [5.41, 5.74) is 0. The maximum Gasteiger partial charge on any atom is 0.233 e. The minimum Gasteiger partial charge on any atom is -0.366 e. The van der Waals surface area contributed by atoms with Gasteiger partial charge < -0.3 is 5.11 Å². The SMILES string of the molecule is CC1CC(O)ON1C=O. The fourth-order valence-electron chi connectivity index (χ4n) is 0.812. The summed E-state index contributed by atoms with van der Waals surface area (Å²) in [6.07, 6.45) is 0.268. The van der Waals surface area contributed by atoms with Gasteiger partial charge in [0.1, 0.15) is 0 Å². The van der Waals surface area contributed by atoms with E-state index in [0.29, 0.717) is 12.8 Å². The number of aliphatic hydroxyl groups is 1. The van der Waals surface area contributed by atoms with Crippen LogP contribution in [-0.2, 0) is 9.63 Å². The maximum absolute atomic E-state index is 10.1.